The first-order valence-corrected chi connectivity index (χ1v) is 5.31. The fourth-order valence-electron chi connectivity index (χ4n) is 1.09. The van der Waals surface area contributed by atoms with Gasteiger partial charge in [0.1, 0.15) is 11.6 Å². The minimum atomic E-state index is 0.208. The highest BCUT2D eigenvalue weighted by Crippen LogP contribution is 2.23. The van der Waals surface area contributed by atoms with Gasteiger partial charge in [0.05, 0.1) is 10.2 Å². The number of nitrogens with one attached hydrogen (secondary N) is 1. The van der Waals surface area contributed by atoms with Crippen molar-refractivity contribution < 1.29 is 0 Å². The highest BCUT2D eigenvalue weighted by atomic mass is 79.9. The van der Waals surface area contributed by atoms with Gasteiger partial charge in [0, 0.05) is 12.6 Å². The first-order valence-electron chi connectivity index (χ1n) is 4.52. The van der Waals surface area contributed by atoms with E-state index in [9.17, 15) is 0 Å². The van der Waals surface area contributed by atoms with E-state index in [1.54, 1.807) is 0 Å². The van der Waals surface area contributed by atoms with E-state index in [-0.39, 0.29) is 6.04 Å². The molecule has 0 aromatic carbocycles. The molecule has 1 aromatic heterocycles. The van der Waals surface area contributed by atoms with E-state index < -0.39 is 0 Å². The van der Waals surface area contributed by atoms with Crippen LogP contribution in [0.1, 0.15) is 18.4 Å². The Morgan fingerprint density at radius 2 is 2.07 bits per heavy atom. The van der Waals surface area contributed by atoms with Crippen molar-refractivity contribution in [2.24, 2.45) is 5.73 Å². The van der Waals surface area contributed by atoms with E-state index in [0.29, 0.717) is 6.54 Å². The molecule has 1 rings (SSSR count). The maximum Gasteiger partial charge on any atom is 0.144 e. The molecule has 3 N–H and O–H groups in total. The van der Waals surface area contributed by atoms with Gasteiger partial charge in [-0.3, -0.25) is 0 Å². The monoisotopic (exact) mass is 258 g/mol. The summed E-state index contributed by atoms with van der Waals surface area (Å²) in [6.07, 6.45) is 0. The number of aryl methyl sites for hydroxylation is 2. The summed E-state index contributed by atoms with van der Waals surface area (Å²) in [7, 11) is 0. The molecule has 1 heterocycles. The summed E-state index contributed by atoms with van der Waals surface area (Å²) in [5.41, 5.74) is 6.46. The first-order chi connectivity index (χ1) is 6.54. The first kappa shape index (κ1) is 11.4. The van der Waals surface area contributed by atoms with E-state index >= 15 is 0 Å². The lowest BCUT2D eigenvalue weighted by Crippen LogP contribution is -2.26. The number of hydrogen-bond donors (Lipinski definition) is 2. The molecule has 0 radical (unpaired) electrons. The highest BCUT2D eigenvalue weighted by Gasteiger charge is 2.08. The zero-order chi connectivity index (χ0) is 10.7. The number of nitrogens with zero attached hydrogens (tertiary/aromatic N) is 2. The number of anilines is 1. The summed E-state index contributed by atoms with van der Waals surface area (Å²) in [6, 6.07) is 0.208. The van der Waals surface area contributed by atoms with Crippen molar-refractivity contribution in [2.45, 2.75) is 26.8 Å². The predicted molar refractivity (Wildman–Crippen MR) is 61.3 cm³/mol. The molecular formula is C9H15BrN4. The van der Waals surface area contributed by atoms with E-state index in [0.717, 1.165) is 21.8 Å². The van der Waals surface area contributed by atoms with Crippen LogP contribution in [0.4, 0.5) is 5.82 Å². The third-order valence-corrected chi connectivity index (χ3v) is 2.81. The molecule has 1 atom stereocenters. The van der Waals surface area contributed by atoms with Crippen LogP contribution >= 0.6 is 15.9 Å². The van der Waals surface area contributed by atoms with Crippen LogP contribution in [0.2, 0.25) is 0 Å². The van der Waals surface area contributed by atoms with Gasteiger partial charge in [0.15, 0.2) is 0 Å². The fraction of sp³-hybridized carbons (Fsp3) is 0.556. The summed E-state index contributed by atoms with van der Waals surface area (Å²) < 4.78 is 0.906. The number of aromatic nitrogens is 2. The Labute approximate surface area is 92.5 Å². The van der Waals surface area contributed by atoms with Crippen LogP contribution in [0.15, 0.2) is 4.47 Å². The minimum Gasteiger partial charge on any atom is -0.365 e. The molecule has 0 saturated heterocycles. The molecule has 0 aliphatic heterocycles. The zero-order valence-corrected chi connectivity index (χ0v) is 10.2. The minimum absolute atomic E-state index is 0.208. The lowest BCUT2D eigenvalue weighted by molar-refractivity contribution is 0.792. The van der Waals surface area contributed by atoms with Crippen molar-refractivity contribution in [1.82, 2.24) is 9.97 Å². The molecule has 4 nitrogen and oxygen atoms in total. The molecule has 0 aliphatic carbocycles. The van der Waals surface area contributed by atoms with Crippen LogP contribution in [0.3, 0.4) is 0 Å². The molecule has 5 heteroatoms. The van der Waals surface area contributed by atoms with Gasteiger partial charge in [-0.05, 0) is 36.7 Å². The van der Waals surface area contributed by atoms with E-state index in [4.69, 9.17) is 5.73 Å². The summed E-state index contributed by atoms with van der Waals surface area (Å²) in [5, 5.41) is 3.22. The zero-order valence-electron chi connectivity index (χ0n) is 8.63. The summed E-state index contributed by atoms with van der Waals surface area (Å²) in [6.45, 7) is 6.41. The Bertz CT molecular complexity index is 327. The van der Waals surface area contributed by atoms with Gasteiger partial charge < -0.3 is 11.1 Å². The lowest BCUT2D eigenvalue weighted by Gasteiger charge is -2.14. The topological polar surface area (TPSA) is 63.8 Å². The van der Waals surface area contributed by atoms with E-state index in [2.05, 4.69) is 31.2 Å². The summed E-state index contributed by atoms with van der Waals surface area (Å²) in [5.74, 6) is 1.57. The van der Waals surface area contributed by atoms with Crippen LogP contribution in [-0.2, 0) is 0 Å². The van der Waals surface area contributed by atoms with Crippen molar-refractivity contribution in [3.63, 3.8) is 0 Å². The molecule has 0 saturated carbocycles. The molecule has 14 heavy (non-hydrogen) atoms. The standard InChI is InChI=1S/C9H15BrN4/c1-5(4-11)12-9-8(10)6(2)13-7(3)14-9/h5H,4,11H2,1-3H3,(H,12,13,14). The lowest BCUT2D eigenvalue weighted by atomic mass is 10.3. The van der Waals surface area contributed by atoms with Gasteiger partial charge in [-0.15, -0.1) is 0 Å². The van der Waals surface area contributed by atoms with Gasteiger partial charge >= 0.3 is 0 Å². The maximum absolute atomic E-state index is 5.52. The van der Waals surface area contributed by atoms with Crippen molar-refractivity contribution in [2.75, 3.05) is 11.9 Å². The Morgan fingerprint density at radius 3 is 2.64 bits per heavy atom. The number of rotatable bonds is 3. The Morgan fingerprint density at radius 1 is 1.43 bits per heavy atom. The van der Waals surface area contributed by atoms with Gasteiger partial charge in [0.2, 0.25) is 0 Å². The van der Waals surface area contributed by atoms with Gasteiger partial charge in [0.25, 0.3) is 0 Å². The molecule has 78 valence electrons. The Kier molecular flexibility index (Phi) is 3.83. The molecule has 0 spiro atoms. The largest absolute Gasteiger partial charge is 0.365 e. The highest BCUT2D eigenvalue weighted by molar-refractivity contribution is 9.10. The summed E-state index contributed by atoms with van der Waals surface area (Å²) >= 11 is 3.44. The molecule has 1 aromatic rings. The Balaban J connectivity index is 2.96. The predicted octanol–water partition coefficient (Wildman–Crippen LogP) is 1.62. The quantitative estimate of drug-likeness (QED) is 0.865. The maximum atomic E-state index is 5.52. The van der Waals surface area contributed by atoms with Crippen LogP contribution in [0.25, 0.3) is 0 Å². The smallest absolute Gasteiger partial charge is 0.144 e. The number of halogens is 1. The molecule has 0 aliphatic rings. The number of hydrogen-bond acceptors (Lipinski definition) is 4. The van der Waals surface area contributed by atoms with Crippen LogP contribution in [0, 0.1) is 13.8 Å². The van der Waals surface area contributed by atoms with Crippen molar-refractivity contribution in [3.8, 4) is 0 Å². The third kappa shape index (κ3) is 2.65. The molecule has 0 fully saturated rings. The van der Waals surface area contributed by atoms with Crippen molar-refractivity contribution in [1.29, 1.82) is 0 Å². The van der Waals surface area contributed by atoms with Gasteiger partial charge in [-0.1, -0.05) is 0 Å². The normalized spacial score (nSPS) is 12.6. The molecule has 1 unspecified atom stereocenters. The third-order valence-electron chi connectivity index (χ3n) is 1.87. The second-order valence-corrected chi connectivity index (χ2v) is 4.09. The average Bonchev–Trinajstić information content (AvgIpc) is 2.13. The molecule has 0 bridgehead atoms. The second kappa shape index (κ2) is 4.70. The fourth-order valence-corrected chi connectivity index (χ4v) is 1.38. The van der Waals surface area contributed by atoms with Crippen LogP contribution < -0.4 is 11.1 Å². The van der Waals surface area contributed by atoms with Crippen molar-refractivity contribution >= 4 is 21.7 Å². The second-order valence-electron chi connectivity index (χ2n) is 3.30. The van der Waals surface area contributed by atoms with E-state index in [1.807, 2.05) is 20.8 Å². The van der Waals surface area contributed by atoms with Crippen LogP contribution in [0.5, 0.6) is 0 Å². The number of nitrogens with two attached hydrogens (primary N) is 1. The summed E-state index contributed by atoms with van der Waals surface area (Å²) in [4.78, 5) is 8.53. The Hall–Kier alpha value is -0.680. The van der Waals surface area contributed by atoms with Gasteiger partial charge in [-0.25, -0.2) is 9.97 Å². The van der Waals surface area contributed by atoms with Crippen LogP contribution in [-0.4, -0.2) is 22.6 Å². The average molecular weight is 259 g/mol. The van der Waals surface area contributed by atoms with E-state index in [1.165, 1.54) is 0 Å². The molecular weight excluding hydrogens is 244 g/mol. The molecule has 0 amide bonds. The SMILES string of the molecule is Cc1nc(C)c(Br)c(NC(C)CN)n1. The van der Waals surface area contributed by atoms with Crippen molar-refractivity contribution in [3.05, 3.63) is 16.0 Å². The van der Waals surface area contributed by atoms with Gasteiger partial charge in [-0.2, -0.15) is 0 Å².